The van der Waals surface area contributed by atoms with Gasteiger partial charge in [-0.2, -0.15) is 0 Å². The summed E-state index contributed by atoms with van der Waals surface area (Å²) in [5.41, 5.74) is 4.70. The van der Waals surface area contributed by atoms with E-state index in [0.29, 0.717) is 12.5 Å². The standard InChI is InChI=1S/C30H35N3O/c1-4-22(5-2)23(6-3)20-32-29-12-9-19-31-30(29)25-14-17-27(18-15-25)34-21-26-16-13-24-10-7-8-11-28(24)33-26/h4,6-14,16-19,25,29-30,32H,5,15,20-21H2,1-3H3/b22-4-,23-6-. The Morgan fingerprint density at radius 3 is 2.71 bits per heavy atom. The highest BCUT2D eigenvalue weighted by Crippen LogP contribution is 2.27. The predicted octanol–water partition coefficient (Wildman–Crippen LogP) is 6.48. The third kappa shape index (κ3) is 5.81. The minimum Gasteiger partial charge on any atom is -0.488 e. The second-order valence-corrected chi connectivity index (χ2v) is 8.71. The van der Waals surface area contributed by atoms with Crippen LogP contribution in [0.25, 0.3) is 10.9 Å². The zero-order valence-corrected chi connectivity index (χ0v) is 20.4. The highest BCUT2D eigenvalue weighted by Gasteiger charge is 2.28. The van der Waals surface area contributed by atoms with Crippen molar-refractivity contribution in [1.82, 2.24) is 10.3 Å². The van der Waals surface area contributed by atoms with E-state index in [1.165, 1.54) is 11.1 Å². The lowest BCUT2D eigenvalue weighted by Crippen LogP contribution is -2.43. The first-order chi connectivity index (χ1) is 16.7. The topological polar surface area (TPSA) is 46.5 Å². The molecule has 1 N–H and O–H groups in total. The van der Waals surface area contributed by atoms with Crippen LogP contribution in [0, 0.1) is 5.92 Å². The quantitative estimate of drug-likeness (QED) is 0.442. The molecule has 1 aromatic carbocycles. The van der Waals surface area contributed by atoms with E-state index in [2.05, 4.69) is 74.7 Å². The van der Waals surface area contributed by atoms with E-state index in [1.807, 2.05) is 36.6 Å². The first kappa shape index (κ1) is 23.9. The van der Waals surface area contributed by atoms with Gasteiger partial charge in [-0.1, -0.05) is 55.5 Å². The van der Waals surface area contributed by atoms with Crippen molar-refractivity contribution in [3.63, 3.8) is 0 Å². The molecular weight excluding hydrogens is 418 g/mol. The molecule has 2 heterocycles. The van der Waals surface area contributed by atoms with Gasteiger partial charge in [-0.25, -0.2) is 4.98 Å². The molecule has 0 saturated carbocycles. The van der Waals surface area contributed by atoms with Crippen molar-refractivity contribution in [1.29, 1.82) is 0 Å². The maximum absolute atomic E-state index is 6.06. The number of pyridine rings is 1. The Bertz CT molecular complexity index is 1170. The molecule has 4 nitrogen and oxygen atoms in total. The lowest BCUT2D eigenvalue weighted by Gasteiger charge is -2.31. The van der Waals surface area contributed by atoms with E-state index < -0.39 is 0 Å². The summed E-state index contributed by atoms with van der Waals surface area (Å²) >= 11 is 0. The van der Waals surface area contributed by atoms with Crippen molar-refractivity contribution in [2.45, 2.75) is 52.3 Å². The van der Waals surface area contributed by atoms with Gasteiger partial charge < -0.3 is 10.1 Å². The maximum atomic E-state index is 6.06. The van der Waals surface area contributed by atoms with E-state index in [-0.39, 0.29) is 12.1 Å². The lowest BCUT2D eigenvalue weighted by atomic mass is 9.86. The molecule has 1 aliphatic carbocycles. The Labute approximate surface area is 203 Å². The van der Waals surface area contributed by atoms with Crippen molar-refractivity contribution in [2.75, 3.05) is 6.54 Å². The fourth-order valence-electron chi connectivity index (χ4n) is 4.66. The summed E-state index contributed by atoms with van der Waals surface area (Å²) in [6, 6.07) is 12.7. The average Bonchev–Trinajstić information content (AvgIpc) is 2.90. The number of hydrogen-bond donors (Lipinski definition) is 1. The molecule has 34 heavy (non-hydrogen) atoms. The van der Waals surface area contributed by atoms with Crippen molar-refractivity contribution < 1.29 is 4.74 Å². The summed E-state index contributed by atoms with van der Waals surface area (Å²) in [6.07, 6.45) is 19.1. The van der Waals surface area contributed by atoms with Crippen LogP contribution < -0.4 is 5.32 Å². The molecule has 4 rings (SSSR count). The van der Waals surface area contributed by atoms with E-state index in [4.69, 9.17) is 14.7 Å². The highest BCUT2D eigenvalue weighted by molar-refractivity contribution is 5.78. The van der Waals surface area contributed by atoms with Crippen molar-refractivity contribution >= 4 is 17.1 Å². The van der Waals surface area contributed by atoms with Gasteiger partial charge in [0.25, 0.3) is 0 Å². The van der Waals surface area contributed by atoms with Gasteiger partial charge in [-0.15, -0.1) is 0 Å². The molecule has 1 aromatic heterocycles. The SMILES string of the molecule is C/C=C(CC)\C(=C/C)CNC1C=CC=NC1C1C=CC(OCc2ccc3ccccc3n2)=CC1. The molecule has 3 unspecified atom stereocenters. The Kier molecular flexibility index (Phi) is 8.26. The van der Waals surface area contributed by atoms with Crippen LogP contribution in [-0.4, -0.2) is 29.8 Å². The Balaban J connectivity index is 1.33. The first-order valence-electron chi connectivity index (χ1n) is 12.3. The highest BCUT2D eigenvalue weighted by atomic mass is 16.5. The van der Waals surface area contributed by atoms with Crippen LogP contribution in [0.1, 0.15) is 39.3 Å². The number of allylic oxidation sites excluding steroid dienone is 5. The van der Waals surface area contributed by atoms with Crippen LogP contribution in [0.15, 0.2) is 101 Å². The normalized spacial score (nSPS) is 22.8. The van der Waals surface area contributed by atoms with E-state index in [9.17, 15) is 0 Å². The average molecular weight is 454 g/mol. The van der Waals surface area contributed by atoms with Crippen molar-refractivity contribution in [2.24, 2.45) is 10.9 Å². The van der Waals surface area contributed by atoms with Crippen LogP contribution in [0.5, 0.6) is 0 Å². The molecule has 1 aliphatic heterocycles. The summed E-state index contributed by atoms with van der Waals surface area (Å²) in [7, 11) is 0. The molecule has 2 aliphatic rings. The maximum Gasteiger partial charge on any atom is 0.130 e. The van der Waals surface area contributed by atoms with Gasteiger partial charge in [0.1, 0.15) is 12.4 Å². The number of fused-ring (bicyclic) bond motifs is 1. The van der Waals surface area contributed by atoms with Gasteiger partial charge >= 0.3 is 0 Å². The number of dihydropyridines is 1. The zero-order chi connectivity index (χ0) is 23.8. The van der Waals surface area contributed by atoms with Gasteiger partial charge in [0.2, 0.25) is 0 Å². The van der Waals surface area contributed by atoms with E-state index in [1.54, 1.807) is 0 Å². The molecular formula is C30H35N3O. The third-order valence-electron chi connectivity index (χ3n) is 6.63. The van der Waals surface area contributed by atoms with E-state index in [0.717, 1.165) is 41.7 Å². The number of para-hydroxylation sites is 1. The molecule has 0 radical (unpaired) electrons. The number of ether oxygens (including phenoxy) is 1. The van der Waals surface area contributed by atoms with E-state index >= 15 is 0 Å². The first-order valence-corrected chi connectivity index (χ1v) is 12.3. The summed E-state index contributed by atoms with van der Waals surface area (Å²) in [6.45, 7) is 7.76. The van der Waals surface area contributed by atoms with Gasteiger partial charge in [0, 0.05) is 30.1 Å². The summed E-state index contributed by atoms with van der Waals surface area (Å²) in [5.74, 6) is 1.24. The third-order valence-corrected chi connectivity index (χ3v) is 6.63. The zero-order valence-electron chi connectivity index (χ0n) is 20.4. The number of nitrogens with zero attached hydrogens (tertiary/aromatic N) is 2. The minimum absolute atomic E-state index is 0.176. The number of aromatic nitrogens is 1. The fraction of sp³-hybridized carbons (Fsp3) is 0.333. The molecule has 0 spiro atoms. The Morgan fingerprint density at radius 1 is 1.09 bits per heavy atom. The number of aliphatic imine (C=N–C) groups is 1. The largest absolute Gasteiger partial charge is 0.488 e. The molecule has 176 valence electrons. The van der Waals surface area contributed by atoms with Gasteiger partial charge in [0.05, 0.1) is 17.3 Å². The molecule has 0 bridgehead atoms. The van der Waals surface area contributed by atoms with Crippen LogP contribution in [0.2, 0.25) is 0 Å². The Hall–Kier alpha value is -3.24. The predicted molar refractivity (Wildman–Crippen MR) is 143 cm³/mol. The lowest BCUT2D eigenvalue weighted by molar-refractivity contribution is 0.203. The molecule has 0 saturated heterocycles. The smallest absolute Gasteiger partial charge is 0.130 e. The number of rotatable bonds is 9. The number of benzene rings is 1. The second-order valence-electron chi connectivity index (χ2n) is 8.71. The van der Waals surface area contributed by atoms with Gasteiger partial charge in [0.15, 0.2) is 0 Å². The summed E-state index contributed by atoms with van der Waals surface area (Å²) < 4.78 is 6.06. The molecule has 4 heteroatoms. The van der Waals surface area contributed by atoms with Crippen LogP contribution in [-0.2, 0) is 11.3 Å². The Morgan fingerprint density at radius 2 is 1.94 bits per heavy atom. The summed E-state index contributed by atoms with van der Waals surface area (Å²) in [5, 5.41) is 4.89. The van der Waals surface area contributed by atoms with Gasteiger partial charge in [-0.05, 0) is 68.2 Å². The molecule has 3 atom stereocenters. The minimum atomic E-state index is 0.176. The molecule has 2 aromatic rings. The monoisotopic (exact) mass is 453 g/mol. The van der Waals surface area contributed by atoms with Crippen LogP contribution >= 0.6 is 0 Å². The second kappa shape index (κ2) is 11.8. The number of hydrogen-bond acceptors (Lipinski definition) is 4. The fourth-order valence-corrected chi connectivity index (χ4v) is 4.66. The molecule has 0 fully saturated rings. The van der Waals surface area contributed by atoms with Crippen LogP contribution in [0.3, 0.4) is 0 Å². The summed E-state index contributed by atoms with van der Waals surface area (Å²) in [4.78, 5) is 9.54. The molecule has 0 amide bonds. The number of nitrogens with one attached hydrogen (secondary N) is 1. The van der Waals surface area contributed by atoms with Crippen LogP contribution in [0.4, 0.5) is 0 Å². The van der Waals surface area contributed by atoms with Crippen molar-refractivity contribution in [3.8, 4) is 0 Å². The van der Waals surface area contributed by atoms with Crippen molar-refractivity contribution in [3.05, 3.63) is 102 Å². The van der Waals surface area contributed by atoms with Gasteiger partial charge in [-0.3, -0.25) is 4.99 Å².